The molecule has 3 aromatic heterocycles. The molecule has 5 aromatic rings. The predicted molar refractivity (Wildman–Crippen MR) is 136 cm³/mol. The summed E-state index contributed by atoms with van der Waals surface area (Å²) in [4.78, 5) is 26.3. The Morgan fingerprint density at radius 1 is 1.06 bits per heavy atom. The lowest BCUT2D eigenvalue weighted by Gasteiger charge is -2.17. The van der Waals surface area contributed by atoms with Crippen LogP contribution in [0.4, 0.5) is 11.8 Å². The number of nitrogens with two attached hydrogens (primary N) is 1. The number of para-hydroxylation sites is 1. The highest BCUT2D eigenvalue weighted by molar-refractivity contribution is 5.96. The van der Waals surface area contributed by atoms with Crippen molar-refractivity contribution in [1.29, 1.82) is 5.26 Å². The summed E-state index contributed by atoms with van der Waals surface area (Å²) in [6.07, 6.45) is 3.12. The number of fused-ring (bicyclic) bond motifs is 1. The molecule has 170 valence electrons. The van der Waals surface area contributed by atoms with Crippen molar-refractivity contribution in [3.63, 3.8) is 0 Å². The van der Waals surface area contributed by atoms with Gasteiger partial charge in [0.15, 0.2) is 0 Å². The number of nitrogens with zero attached hydrogens (tertiary/aromatic N) is 5. The van der Waals surface area contributed by atoms with E-state index in [1.54, 1.807) is 10.8 Å². The van der Waals surface area contributed by atoms with Crippen molar-refractivity contribution in [2.24, 2.45) is 0 Å². The summed E-state index contributed by atoms with van der Waals surface area (Å²) in [5.74, 6) is 0.371. The van der Waals surface area contributed by atoms with E-state index >= 15 is 0 Å². The molecule has 0 saturated carbocycles. The number of nitrogens with one attached hydrogen (secondary N) is 1. The first-order valence-corrected chi connectivity index (χ1v) is 11.0. The normalized spacial score (nSPS) is 10.7. The van der Waals surface area contributed by atoms with E-state index in [2.05, 4.69) is 26.3 Å². The van der Waals surface area contributed by atoms with Gasteiger partial charge in [-0.15, -0.1) is 0 Å². The van der Waals surface area contributed by atoms with Crippen molar-refractivity contribution < 1.29 is 0 Å². The van der Waals surface area contributed by atoms with Crippen molar-refractivity contribution in [3.8, 4) is 22.9 Å². The molecular formula is C27H21N7O. The largest absolute Gasteiger partial charge is 0.368 e. The first-order valence-electron chi connectivity index (χ1n) is 11.0. The fourth-order valence-corrected chi connectivity index (χ4v) is 4.15. The fraction of sp³-hybridized carbons (Fsp3) is 0.0741. The van der Waals surface area contributed by atoms with Crippen LogP contribution in [-0.2, 0) is 6.54 Å². The maximum atomic E-state index is 14.0. The number of aromatic nitrogens is 4. The zero-order chi connectivity index (χ0) is 24.4. The van der Waals surface area contributed by atoms with Crippen LogP contribution in [0.5, 0.6) is 0 Å². The molecule has 0 amide bonds. The average molecular weight is 460 g/mol. The number of nitrogen functional groups attached to an aromatic ring is 1. The summed E-state index contributed by atoms with van der Waals surface area (Å²) in [7, 11) is 0. The molecule has 0 aliphatic carbocycles. The molecule has 0 fully saturated rings. The highest BCUT2D eigenvalue weighted by atomic mass is 16.1. The van der Waals surface area contributed by atoms with Gasteiger partial charge in [0.2, 0.25) is 5.95 Å². The smallest absolute Gasteiger partial charge is 0.263 e. The van der Waals surface area contributed by atoms with Gasteiger partial charge < -0.3 is 11.1 Å². The Kier molecular flexibility index (Phi) is 5.65. The third kappa shape index (κ3) is 4.18. The lowest BCUT2D eigenvalue weighted by Crippen LogP contribution is -2.24. The molecule has 0 unspecified atom stereocenters. The van der Waals surface area contributed by atoms with Crippen LogP contribution in [0.2, 0.25) is 0 Å². The molecule has 5 rings (SSSR count). The minimum Gasteiger partial charge on any atom is -0.368 e. The van der Waals surface area contributed by atoms with E-state index in [1.165, 1.54) is 6.20 Å². The van der Waals surface area contributed by atoms with Gasteiger partial charge in [0.05, 0.1) is 18.1 Å². The zero-order valence-corrected chi connectivity index (χ0v) is 18.9. The minimum absolute atomic E-state index is 0.0581. The van der Waals surface area contributed by atoms with Crippen LogP contribution in [-0.4, -0.2) is 19.5 Å². The fourth-order valence-electron chi connectivity index (χ4n) is 4.15. The third-order valence-corrected chi connectivity index (χ3v) is 5.71. The second kappa shape index (κ2) is 9.08. The van der Waals surface area contributed by atoms with Crippen LogP contribution in [0, 0.1) is 18.3 Å². The number of pyridine rings is 2. The van der Waals surface area contributed by atoms with Gasteiger partial charge in [0.1, 0.15) is 17.5 Å². The maximum Gasteiger partial charge on any atom is 0.263 e. The Labute approximate surface area is 201 Å². The SMILES string of the molecule is Cc1cc(-c2cccc3cc(CNc4nc(N)ncc4C#N)n(-c4ccccc4)c(=O)c23)ccn1. The quantitative estimate of drug-likeness (QED) is 0.403. The molecule has 0 aliphatic rings. The number of aryl methyl sites for hydroxylation is 1. The maximum absolute atomic E-state index is 14.0. The summed E-state index contributed by atoms with van der Waals surface area (Å²) < 4.78 is 1.68. The highest BCUT2D eigenvalue weighted by Gasteiger charge is 2.16. The summed E-state index contributed by atoms with van der Waals surface area (Å²) >= 11 is 0. The summed E-state index contributed by atoms with van der Waals surface area (Å²) in [5.41, 5.74) is 9.94. The van der Waals surface area contributed by atoms with E-state index in [-0.39, 0.29) is 23.6 Å². The van der Waals surface area contributed by atoms with E-state index in [9.17, 15) is 10.1 Å². The Bertz CT molecular complexity index is 1650. The minimum atomic E-state index is -0.140. The number of anilines is 2. The monoisotopic (exact) mass is 459 g/mol. The van der Waals surface area contributed by atoms with E-state index < -0.39 is 0 Å². The molecule has 8 heteroatoms. The molecule has 3 N–H and O–H groups in total. The van der Waals surface area contributed by atoms with Crippen LogP contribution in [0.1, 0.15) is 17.0 Å². The lowest BCUT2D eigenvalue weighted by molar-refractivity contribution is 0.890. The van der Waals surface area contributed by atoms with Crippen LogP contribution in [0.15, 0.2) is 83.9 Å². The Balaban J connectivity index is 1.71. The van der Waals surface area contributed by atoms with E-state index in [0.717, 1.165) is 27.9 Å². The lowest BCUT2D eigenvalue weighted by atomic mass is 9.99. The van der Waals surface area contributed by atoms with Gasteiger partial charge in [0.25, 0.3) is 5.56 Å². The summed E-state index contributed by atoms with van der Waals surface area (Å²) in [6, 6.07) is 23.2. The van der Waals surface area contributed by atoms with Crippen LogP contribution >= 0.6 is 0 Å². The Hall–Kier alpha value is -5.03. The number of rotatable bonds is 5. The van der Waals surface area contributed by atoms with Crippen molar-refractivity contribution in [1.82, 2.24) is 19.5 Å². The van der Waals surface area contributed by atoms with E-state index in [1.807, 2.05) is 73.7 Å². The second-order valence-electron chi connectivity index (χ2n) is 8.02. The number of hydrogen-bond donors (Lipinski definition) is 2. The molecule has 2 aromatic carbocycles. The molecule has 0 radical (unpaired) electrons. The number of benzene rings is 2. The topological polar surface area (TPSA) is 123 Å². The average Bonchev–Trinajstić information content (AvgIpc) is 2.87. The van der Waals surface area contributed by atoms with Gasteiger partial charge in [-0.1, -0.05) is 36.4 Å². The Morgan fingerprint density at radius 3 is 2.66 bits per heavy atom. The zero-order valence-electron chi connectivity index (χ0n) is 18.9. The molecule has 0 spiro atoms. The second-order valence-corrected chi connectivity index (χ2v) is 8.02. The van der Waals surface area contributed by atoms with Gasteiger partial charge in [-0.2, -0.15) is 10.2 Å². The van der Waals surface area contributed by atoms with Gasteiger partial charge >= 0.3 is 0 Å². The predicted octanol–water partition coefficient (Wildman–Crippen LogP) is 4.22. The van der Waals surface area contributed by atoms with Crippen molar-refractivity contribution in [2.75, 3.05) is 11.1 Å². The van der Waals surface area contributed by atoms with Gasteiger partial charge in [-0.3, -0.25) is 14.3 Å². The van der Waals surface area contributed by atoms with Gasteiger partial charge in [0, 0.05) is 23.3 Å². The summed E-state index contributed by atoms with van der Waals surface area (Å²) in [5, 5.41) is 14.0. The molecule has 0 bridgehead atoms. The molecule has 0 saturated heterocycles. The first-order chi connectivity index (χ1) is 17.0. The van der Waals surface area contributed by atoms with Crippen molar-refractivity contribution >= 4 is 22.5 Å². The Morgan fingerprint density at radius 2 is 1.89 bits per heavy atom. The number of nitriles is 1. The number of hydrogen-bond acceptors (Lipinski definition) is 7. The molecule has 0 atom stereocenters. The van der Waals surface area contributed by atoms with Crippen LogP contribution < -0.4 is 16.6 Å². The van der Waals surface area contributed by atoms with Crippen molar-refractivity contribution in [3.05, 3.63) is 106 Å². The molecule has 35 heavy (non-hydrogen) atoms. The highest BCUT2D eigenvalue weighted by Crippen LogP contribution is 2.28. The summed E-state index contributed by atoms with van der Waals surface area (Å²) in [6.45, 7) is 2.17. The van der Waals surface area contributed by atoms with E-state index in [4.69, 9.17) is 5.73 Å². The van der Waals surface area contributed by atoms with Crippen molar-refractivity contribution in [2.45, 2.75) is 13.5 Å². The van der Waals surface area contributed by atoms with Crippen LogP contribution in [0.3, 0.4) is 0 Å². The molecule has 3 heterocycles. The van der Waals surface area contributed by atoms with Gasteiger partial charge in [-0.05, 0) is 53.8 Å². The van der Waals surface area contributed by atoms with Gasteiger partial charge in [-0.25, -0.2) is 4.98 Å². The third-order valence-electron chi connectivity index (χ3n) is 5.71. The standard InChI is InChI=1S/C27H21N7O/c1-17-12-18(10-11-30-17)23-9-5-6-19-13-22(16-31-25-20(14-28)15-32-27(29)33-25)34(26(35)24(19)23)21-7-3-2-4-8-21/h2-13,15H,16H2,1H3,(H3,29,31,32,33). The molecule has 8 nitrogen and oxygen atoms in total. The molecule has 0 aliphatic heterocycles. The molecular weight excluding hydrogens is 438 g/mol. The van der Waals surface area contributed by atoms with Crippen LogP contribution in [0.25, 0.3) is 27.6 Å². The van der Waals surface area contributed by atoms with E-state index in [0.29, 0.717) is 16.9 Å². The first kappa shape index (κ1) is 21.8.